The standard InChI is InChI=1S/2C24H42.Cr/c2*1-4-7-10-13-16-22-19-23(17-14-11-8-5-2)21-24(20-22)18-15-12-9-6-3;/h2*19-21H,4-18H2,1-3H3;. The van der Waals surface area contributed by atoms with Crippen molar-refractivity contribution in [3.63, 3.8) is 0 Å². The molecule has 0 radical (unpaired) electrons. The Bertz CT molecular complexity index is 747. The average molecular weight is 713 g/mol. The number of hydrogen-bond acceptors (Lipinski definition) is 0. The zero-order chi connectivity index (χ0) is 34.9. The van der Waals surface area contributed by atoms with Gasteiger partial charge in [-0.25, -0.2) is 0 Å². The fraction of sp³-hybridized carbons (Fsp3) is 0.750. The first-order valence-electron chi connectivity index (χ1n) is 21.8. The van der Waals surface area contributed by atoms with Gasteiger partial charge >= 0.3 is 0 Å². The Balaban J connectivity index is 0.000000922. The van der Waals surface area contributed by atoms with Crippen LogP contribution in [0.25, 0.3) is 0 Å². The van der Waals surface area contributed by atoms with E-state index < -0.39 is 0 Å². The first-order valence-corrected chi connectivity index (χ1v) is 21.8. The van der Waals surface area contributed by atoms with Crippen LogP contribution in [0, 0.1) is 0 Å². The number of hydrogen-bond donors (Lipinski definition) is 0. The van der Waals surface area contributed by atoms with E-state index >= 15 is 0 Å². The minimum absolute atomic E-state index is 0. The molecule has 0 amide bonds. The van der Waals surface area contributed by atoms with Crippen molar-refractivity contribution in [1.29, 1.82) is 0 Å². The summed E-state index contributed by atoms with van der Waals surface area (Å²) in [4.78, 5) is 0. The molecule has 49 heavy (non-hydrogen) atoms. The summed E-state index contributed by atoms with van der Waals surface area (Å²) in [5.41, 5.74) is 9.61. The van der Waals surface area contributed by atoms with Gasteiger partial charge in [-0.2, -0.15) is 0 Å². The quantitative estimate of drug-likeness (QED) is 0.0708. The van der Waals surface area contributed by atoms with Gasteiger partial charge in [0, 0.05) is 17.4 Å². The van der Waals surface area contributed by atoms with Gasteiger partial charge in [-0.15, -0.1) is 0 Å². The van der Waals surface area contributed by atoms with Crippen molar-refractivity contribution >= 4 is 0 Å². The molecule has 0 N–H and O–H groups in total. The molecule has 0 nitrogen and oxygen atoms in total. The Labute approximate surface area is 320 Å². The molecule has 0 aromatic heterocycles. The predicted octanol–water partition coefficient (Wildman–Crippen LogP) is 16.1. The molecule has 0 spiro atoms. The molecule has 0 aliphatic heterocycles. The summed E-state index contributed by atoms with van der Waals surface area (Å²) in [5, 5.41) is 0. The molecule has 0 atom stereocenters. The van der Waals surface area contributed by atoms with Gasteiger partial charge in [0.1, 0.15) is 0 Å². The van der Waals surface area contributed by atoms with Crippen molar-refractivity contribution in [2.45, 2.75) is 234 Å². The van der Waals surface area contributed by atoms with Gasteiger partial charge in [0.05, 0.1) is 0 Å². The van der Waals surface area contributed by atoms with E-state index in [2.05, 4.69) is 77.9 Å². The summed E-state index contributed by atoms with van der Waals surface area (Å²) in [6.45, 7) is 13.8. The minimum Gasteiger partial charge on any atom is -0.0654 e. The van der Waals surface area contributed by atoms with Crippen molar-refractivity contribution in [3.8, 4) is 0 Å². The van der Waals surface area contributed by atoms with E-state index in [0.29, 0.717) is 0 Å². The first kappa shape index (κ1) is 48.0. The SMILES string of the molecule is CCCCCCc1cc(CCCCCC)cc(CCCCCC)c1.CCCCCCc1cc(CCCCCC)cc(CCCCCC)c1.[Cr]. The maximum atomic E-state index is 2.51. The van der Waals surface area contributed by atoms with Crippen molar-refractivity contribution in [2.75, 3.05) is 0 Å². The van der Waals surface area contributed by atoms with Crippen molar-refractivity contribution in [3.05, 3.63) is 69.8 Å². The van der Waals surface area contributed by atoms with Crippen LogP contribution >= 0.6 is 0 Å². The Kier molecular flexibility index (Phi) is 34.6. The van der Waals surface area contributed by atoms with E-state index in [0.717, 1.165) is 0 Å². The van der Waals surface area contributed by atoms with E-state index in [1.165, 1.54) is 193 Å². The molecule has 0 aliphatic rings. The molecule has 0 fully saturated rings. The van der Waals surface area contributed by atoms with E-state index in [-0.39, 0.29) is 17.4 Å². The molecule has 2 aromatic rings. The second kappa shape index (κ2) is 35.4. The third-order valence-electron chi connectivity index (χ3n) is 10.1. The van der Waals surface area contributed by atoms with Gasteiger partial charge in [0.15, 0.2) is 0 Å². The topological polar surface area (TPSA) is 0 Å². The maximum Gasteiger partial charge on any atom is 0 e. The molecular weight excluding hydrogens is 629 g/mol. The van der Waals surface area contributed by atoms with Crippen LogP contribution < -0.4 is 0 Å². The van der Waals surface area contributed by atoms with Gasteiger partial charge < -0.3 is 0 Å². The molecule has 0 bridgehead atoms. The summed E-state index contributed by atoms with van der Waals surface area (Å²) in [7, 11) is 0. The smallest absolute Gasteiger partial charge is 0 e. The summed E-state index contributed by atoms with van der Waals surface area (Å²) in [5.74, 6) is 0. The summed E-state index contributed by atoms with van der Waals surface area (Å²) in [6.07, 6.45) is 40.6. The summed E-state index contributed by atoms with van der Waals surface area (Å²) in [6, 6.07) is 15.0. The predicted molar refractivity (Wildman–Crippen MR) is 220 cm³/mol. The van der Waals surface area contributed by atoms with Gasteiger partial charge in [0.25, 0.3) is 0 Å². The third-order valence-corrected chi connectivity index (χ3v) is 10.1. The largest absolute Gasteiger partial charge is 0.0654 e. The molecule has 282 valence electrons. The fourth-order valence-electron chi connectivity index (χ4n) is 7.08. The molecule has 2 aromatic carbocycles. The number of aryl methyl sites for hydroxylation is 6. The minimum atomic E-state index is 0. The van der Waals surface area contributed by atoms with Crippen LogP contribution in [-0.2, 0) is 55.9 Å². The molecule has 0 saturated carbocycles. The fourth-order valence-corrected chi connectivity index (χ4v) is 7.08. The number of rotatable bonds is 30. The molecule has 1 heteroatoms. The van der Waals surface area contributed by atoms with E-state index in [1.54, 1.807) is 33.4 Å². The molecule has 0 unspecified atom stereocenters. The van der Waals surface area contributed by atoms with Crippen LogP contribution in [0.5, 0.6) is 0 Å². The van der Waals surface area contributed by atoms with Crippen LogP contribution in [0.2, 0.25) is 0 Å². The molecule has 2 rings (SSSR count). The molecular formula is C48H84Cr. The molecule has 0 heterocycles. The summed E-state index contributed by atoms with van der Waals surface area (Å²) < 4.78 is 0. The number of unbranched alkanes of at least 4 members (excludes halogenated alkanes) is 18. The van der Waals surface area contributed by atoms with Crippen LogP contribution in [-0.4, -0.2) is 0 Å². The van der Waals surface area contributed by atoms with Crippen LogP contribution in [0.4, 0.5) is 0 Å². The maximum absolute atomic E-state index is 2.51. The zero-order valence-corrected chi connectivity index (χ0v) is 35.4. The second-order valence-electron chi connectivity index (χ2n) is 15.2. The third kappa shape index (κ3) is 27.3. The number of benzene rings is 2. The Morgan fingerprint density at radius 2 is 0.367 bits per heavy atom. The summed E-state index contributed by atoms with van der Waals surface area (Å²) >= 11 is 0. The van der Waals surface area contributed by atoms with Crippen LogP contribution in [0.1, 0.15) is 229 Å². The van der Waals surface area contributed by atoms with Gasteiger partial charge in [-0.1, -0.05) is 194 Å². The Morgan fingerprint density at radius 3 is 0.490 bits per heavy atom. The van der Waals surface area contributed by atoms with E-state index in [4.69, 9.17) is 0 Å². The Hall–Kier alpha value is -1.03. The Morgan fingerprint density at radius 1 is 0.224 bits per heavy atom. The normalized spacial score (nSPS) is 10.9. The molecule has 0 aliphatic carbocycles. The van der Waals surface area contributed by atoms with Gasteiger partial charge in [0.2, 0.25) is 0 Å². The average Bonchev–Trinajstić information content (AvgIpc) is 3.10. The van der Waals surface area contributed by atoms with Crippen molar-refractivity contribution in [1.82, 2.24) is 0 Å². The van der Waals surface area contributed by atoms with Gasteiger partial charge in [-0.05, 0) is 110 Å². The second-order valence-corrected chi connectivity index (χ2v) is 15.2. The molecule has 0 saturated heterocycles. The monoisotopic (exact) mass is 713 g/mol. The first-order chi connectivity index (χ1) is 23.6. The van der Waals surface area contributed by atoms with Gasteiger partial charge in [-0.3, -0.25) is 0 Å². The van der Waals surface area contributed by atoms with Crippen LogP contribution in [0.3, 0.4) is 0 Å². The van der Waals surface area contributed by atoms with Crippen LogP contribution in [0.15, 0.2) is 36.4 Å². The zero-order valence-electron chi connectivity index (χ0n) is 34.1. The van der Waals surface area contributed by atoms with Crippen molar-refractivity contribution in [2.24, 2.45) is 0 Å². The van der Waals surface area contributed by atoms with E-state index in [9.17, 15) is 0 Å². The van der Waals surface area contributed by atoms with Crippen molar-refractivity contribution < 1.29 is 17.4 Å². The van der Waals surface area contributed by atoms with E-state index in [1.807, 2.05) is 0 Å².